The van der Waals surface area contributed by atoms with Crippen LogP contribution in [0.15, 0.2) is 18.2 Å². The number of rotatable bonds is 4. The summed E-state index contributed by atoms with van der Waals surface area (Å²) in [4.78, 5) is 25.7. The van der Waals surface area contributed by atoms with Gasteiger partial charge in [0.2, 0.25) is 11.9 Å². The van der Waals surface area contributed by atoms with Gasteiger partial charge in [-0.1, -0.05) is 11.6 Å². The van der Waals surface area contributed by atoms with Crippen molar-refractivity contribution in [1.29, 1.82) is 0 Å². The number of halogens is 1. The Labute approximate surface area is 132 Å². The fourth-order valence-corrected chi connectivity index (χ4v) is 1.80. The zero-order valence-electron chi connectivity index (χ0n) is 12.1. The Morgan fingerprint density at radius 2 is 2.00 bits per heavy atom. The van der Waals surface area contributed by atoms with Crippen LogP contribution in [0.2, 0.25) is 5.02 Å². The van der Waals surface area contributed by atoms with E-state index < -0.39 is 5.97 Å². The van der Waals surface area contributed by atoms with Crippen molar-refractivity contribution in [2.75, 3.05) is 30.5 Å². The summed E-state index contributed by atoms with van der Waals surface area (Å²) in [5, 5.41) is 0.440. The number of esters is 1. The van der Waals surface area contributed by atoms with Gasteiger partial charge in [0.1, 0.15) is 0 Å². The average molecular weight is 323 g/mol. The molecule has 0 aliphatic carbocycles. The number of benzene rings is 1. The van der Waals surface area contributed by atoms with Crippen LogP contribution in [0.1, 0.15) is 16.2 Å². The average Bonchev–Trinajstić information content (AvgIpc) is 2.44. The summed E-state index contributed by atoms with van der Waals surface area (Å²) in [5.41, 5.74) is 11.8. The highest BCUT2D eigenvalue weighted by atomic mass is 35.5. The van der Waals surface area contributed by atoms with Gasteiger partial charge in [-0.25, -0.2) is 4.79 Å². The first kappa shape index (κ1) is 15.8. The number of ether oxygens (including phenoxy) is 1. The number of aromatic nitrogens is 3. The van der Waals surface area contributed by atoms with Crippen LogP contribution in [0.5, 0.6) is 0 Å². The van der Waals surface area contributed by atoms with Crippen LogP contribution in [-0.4, -0.2) is 35.0 Å². The number of nitrogens with two attached hydrogens (primary N) is 2. The Balaban J connectivity index is 2.11. The highest BCUT2D eigenvalue weighted by molar-refractivity contribution is 6.31. The van der Waals surface area contributed by atoms with E-state index in [0.717, 1.165) is 0 Å². The van der Waals surface area contributed by atoms with Crippen LogP contribution in [0, 0.1) is 0 Å². The maximum Gasteiger partial charge on any atom is 0.340 e. The lowest BCUT2D eigenvalue weighted by Crippen LogP contribution is -2.17. The van der Waals surface area contributed by atoms with Gasteiger partial charge in [0.15, 0.2) is 12.4 Å². The molecular weight excluding hydrogens is 308 g/mol. The Morgan fingerprint density at radius 1 is 1.27 bits per heavy atom. The number of nitrogen functional groups attached to an aromatic ring is 2. The van der Waals surface area contributed by atoms with Gasteiger partial charge in [0.05, 0.1) is 5.56 Å². The quantitative estimate of drug-likeness (QED) is 0.634. The van der Waals surface area contributed by atoms with E-state index in [-0.39, 0.29) is 29.6 Å². The van der Waals surface area contributed by atoms with Crippen LogP contribution in [0.25, 0.3) is 0 Å². The van der Waals surface area contributed by atoms with Crippen molar-refractivity contribution in [3.8, 4) is 0 Å². The molecule has 116 valence electrons. The number of carbonyl (C=O) groups is 1. The molecule has 2 rings (SSSR count). The third kappa shape index (κ3) is 3.73. The number of hydrogen-bond donors (Lipinski definition) is 2. The molecule has 0 fully saturated rings. The molecule has 0 spiro atoms. The van der Waals surface area contributed by atoms with Crippen molar-refractivity contribution < 1.29 is 9.53 Å². The second kappa shape index (κ2) is 6.44. The van der Waals surface area contributed by atoms with Crippen LogP contribution in [-0.2, 0) is 11.3 Å². The van der Waals surface area contributed by atoms with Crippen LogP contribution < -0.4 is 16.4 Å². The summed E-state index contributed by atoms with van der Waals surface area (Å²) in [6.45, 7) is -0.144. The molecule has 1 aromatic carbocycles. The number of carbonyl (C=O) groups excluding carboxylic acids is 1. The van der Waals surface area contributed by atoms with Gasteiger partial charge >= 0.3 is 5.97 Å². The van der Waals surface area contributed by atoms with Gasteiger partial charge in [-0.2, -0.15) is 15.0 Å². The Morgan fingerprint density at radius 3 is 2.64 bits per heavy atom. The van der Waals surface area contributed by atoms with Gasteiger partial charge < -0.3 is 21.1 Å². The van der Waals surface area contributed by atoms with Crippen molar-refractivity contribution in [1.82, 2.24) is 15.0 Å². The number of hydrogen-bond acceptors (Lipinski definition) is 8. The molecule has 2 aromatic rings. The predicted molar refractivity (Wildman–Crippen MR) is 83.6 cm³/mol. The van der Waals surface area contributed by atoms with E-state index in [2.05, 4.69) is 15.0 Å². The van der Waals surface area contributed by atoms with E-state index in [1.54, 1.807) is 25.1 Å². The second-order valence-corrected chi connectivity index (χ2v) is 5.05. The lowest BCUT2D eigenvalue weighted by Gasteiger charge is -2.11. The molecule has 4 N–H and O–H groups in total. The van der Waals surface area contributed by atoms with Gasteiger partial charge in [0, 0.05) is 24.8 Å². The van der Waals surface area contributed by atoms with E-state index in [1.165, 1.54) is 12.1 Å². The number of anilines is 3. The van der Waals surface area contributed by atoms with Crippen molar-refractivity contribution >= 4 is 35.2 Å². The third-order valence-electron chi connectivity index (χ3n) is 2.65. The Hall–Kier alpha value is -2.61. The fourth-order valence-electron chi connectivity index (χ4n) is 1.62. The van der Waals surface area contributed by atoms with Gasteiger partial charge in [0.25, 0.3) is 0 Å². The molecule has 0 saturated carbocycles. The van der Waals surface area contributed by atoms with Crippen molar-refractivity contribution in [3.05, 3.63) is 34.6 Å². The van der Waals surface area contributed by atoms with Gasteiger partial charge in [-0.15, -0.1) is 0 Å². The minimum atomic E-state index is -0.598. The highest BCUT2D eigenvalue weighted by Gasteiger charge is 2.13. The summed E-state index contributed by atoms with van der Waals surface area (Å²) in [6.07, 6.45) is 0. The summed E-state index contributed by atoms with van der Waals surface area (Å²) in [5.74, 6) is 0.0805. The zero-order chi connectivity index (χ0) is 16.3. The Kier molecular flexibility index (Phi) is 4.62. The van der Waals surface area contributed by atoms with Crippen LogP contribution in [0.4, 0.5) is 17.6 Å². The zero-order valence-corrected chi connectivity index (χ0v) is 12.8. The minimum absolute atomic E-state index is 0.0516. The van der Waals surface area contributed by atoms with E-state index in [0.29, 0.717) is 11.0 Å². The van der Waals surface area contributed by atoms with Gasteiger partial charge in [-0.3, -0.25) is 0 Å². The Bertz CT molecular complexity index is 707. The fraction of sp³-hybridized carbons (Fsp3) is 0.231. The molecule has 9 heteroatoms. The van der Waals surface area contributed by atoms with Crippen molar-refractivity contribution in [2.45, 2.75) is 6.61 Å². The molecule has 0 amide bonds. The van der Waals surface area contributed by atoms with Crippen LogP contribution in [0.3, 0.4) is 0 Å². The predicted octanol–water partition coefficient (Wildman–Crippen LogP) is 1.11. The molecule has 8 nitrogen and oxygen atoms in total. The highest BCUT2D eigenvalue weighted by Crippen LogP contribution is 2.19. The molecule has 0 bridgehead atoms. The molecule has 1 aromatic heterocycles. The van der Waals surface area contributed by atoms with Crippen LogP contribution >= 0.6 is 11.6 Å². The maximum absolute atomic E-state index is 12.0. The standard InChI is InChI=1S/C13H15ClN6O2/c1-20(2)13-18-10(17-12(16)19-13)6-22-11(21)8-4-3-7(14)5-9(8)15/h3-5H,6,15H2,1-2H3,(H2,16,17,18,19). The molecule has 0 radical (unpaired) electrons. The molecular formula is C13H15ClN6O2. The molecule has 0 unspecified atom stereocenters. The maximum atomic E-state index is 12.0. The van der Waals surface area contributed by atoms with E-state index >= 15 is 0 Å². The summed E-state index contributed by atoms with van der Waals surface area (Å²) >= 11 is 5.78. The first-order valence-corrected chi connectivity index (χ1v) is 6.64. The normalized spacial score (nSPS) is 10.3. The third-order valence-corrected chi connectivity index (χ3v) is 2.89. The molecule has 0 saturated heterocycles. The first-order chi connectivity index (χ1) is 10.4. The lowest BCUT2D eigenvalue weighted by molar-refractivity contribution is 0.0463. The molecule has 1 heterocycles. The monoisotopic (exact) mass is 322 g/mol. The van der Waals surface area contributed by atoms with Gasteiger partial charge in [-0.05, 0) is 18.2 Å². The van der Waals surface area contributed by atoms with E-state index in [9.17, 15) is 4.79 Å². The molecule has 0 aliphatic heterocycles. The first-order valence-electron chi connectivity index (χ1n) is 6.26. The lowest BCUT2D eigenvalue weighted by atomic mass is 10.2. The van der Waals surface area contributed by atoms with Crippen molar-refractivity contribution in [3.63, 3.8) is 0 Å². The van der Waals surface area contributed by atoms with Crippen molar-refractivity contribution in [2.24, 2.45) is 0 Å². The largest absolute Gasteiger partial charge is 0.454 e. The summed E-state index contributed by atoms with van der Waals surface area (Å²) in [6, 6.07) is 4.52. The molecule has 22 heavy (non-hydrogen) atoms. The minimum Gasteiger partial charge on any atom is -0.454 e. The summed E-state index contributed by atoms with van der Waals surface area (Å²) < 4.78 is 5.14. The second-order valence-electron chi connectivity index (χ2n) is 4.61. The smallest absolute Gasteiger partial charge is 0.340 e. The number of nitrogens with zero attached hydrogens (tertiary/aromatic N) is 4. The molecule has 0 atom stereocenters. The van der Waals surface area contributed by atoms with E-state index in [1.807, 2.05) is 0 Å². The van der Waals surface area contributed by atoms with E-state index in [4.69, 9.17) is 27.8 Å². The topological polar surface area (TPSA) is 120 Å². The molecule has 0 aliphatic rings. The SMILES string of the molecule is CN(C)c1nc(N)nc(COC(=O)c2ccc(Cl)cc2N)n1. The summed E-state index contributed by atoms with van der Waals surface area (Å²) in [7, 11) is 3.53.